The number of rotatable bonds is 6. The molecule has 2 unspecified atom stereocenters. The average molecular weight is 242 g/mol. The van der Waals surface area contributed by atoms with Gasteiger partial charge in [0.1, 0.15) is 0 Å². The standard InChI is InChI=1S/C13H26N2O2/c1-5-17-13(16)11(2)9-15-8-6-7-12(15)10-14(3)4/h11-12H,5-10H2,1-4H3. The molecular weight excluding hydrogens is 216 g/mol. The molecule has 0 spiro atoms. The third-order valence-corrected chi connectivity index (χ3v) is 3.27. The lowest BCUT2D eigenvalue weighted by Gasteiger charge is -2.28. The summed E-state index contributed by atoms with van der Waals surface area (Å²) in [5.41, 5.74) is 0. The minimum Gasteiger partial charge on any atom is -0.466 e. The average Bonchev–Trinajstić information content (AvgIpc) is 2.65. The van der Waals surface area contributed by atoms with E-state index in [0.717, 1.165) is 19.6 Å². The van der Waals surface area contributed by atoms with Gasteiger partial charge in [-0.1, -0.05) is 6.92 Å². The predicted molar refractivity (Wildman–Crippen MR) is 68.9 cm³/mol. The number of hydrogen-bond donors (Lipinski definition) is 0. The number of carbonyl (C=O) groups is 1. The summed E-state index contributed by atoms with van der Waals surface area (Å²) >= 11 is 0. The van der Waals surface area contributed by atoms with Crippen molar-refractivity contribution in [2.45, 2.75) is 32.7 Å². The zero-order valence-corrected chi connectivity index (χ0v) is 11.6. The van der Waals surface area contributed by atoms with Gasteiger partial charge in [0.05, 0.1) is 12.5 Å². The van der Waals surface area contributed by atoms with E-state index in [0.29, 0.717) is 12.6 Å². The molecule has 1 aliphatic rings. The van der Waals surface area contributed by atoms with Crippen molar-refractivity contribution in [3.05, 3.63) is 0 Å². The van der Waals surface area contributed by atoms with Crippen LogP contribution in [0.5, 0.6) is 0 Å². The molecule has 0 saturated carbocycles. The highest BCUT2D eigenvalue weighted by Gasteiger charge is 2.28. The van der Waals surface area contributed by atoms with Crippen molar-refractivity contribution in [3.63, 3.8) is 0 Å². The molecule has 0 aromatic heterocycles. The minimum atomic E-state index is -0.0667. The number of likely N-dealkylation sites (N-methyl/N-ethyl adjacent to an activating group) is 1. The summed E-state index contributed by atoms with van der Waals surface area (Å²) in [6.45, 7) is 7.32. The molecule has 1 aliphatic heterocycles. The van der Waals surface area contributed by atoms with E-state index in [-0.39, 0.29) is 11.9 Å². The molecule has 0 N–H and O–H groups in total. The molecule has 0 amide bonds. The molecule has 1 heterocycles. The zero-order valence-electron chi connectivity index (χ0n) is 11.6. The lowest BCUT2D eigenvalue weighted by atomic mass is 10.1. The summed E-state index contributed by atoms with van der Waals surface area (Å²) in [5.74, 6) is -0.0827. The first-order valence-corrected chi connectivity index (χ1v) is 6.60. The van der Waals surface area contributed by atoms with Crippen LogP contribution in [-0.2, 0) is 9.53 Å². The molecule has 17 heavy (non-hydrogen) atoms. The minimum absolute atomic E-state index is 0.0160. The van der Waals surface area contributed by atoms with Crippen molar-refractivity contribution in [2.75, 3.05) is 40.3 Å². The number of esters is 1. The summed E-state index contributed by atoms with van der Waals surface area (Å²) in [5, 5.41) is 0. The molecule has 4 nitrogen and oxygen atoms in total. The fraction of sp³-hybridized carbons (Fsp3) is 0.923. The third-order valence-electron chi connectivity index (χ3n) is 3.27. The topological polar surface area (TPSA) is 32.8 Å². The summed E-state index contributed by atoms with van der Waals surface area (Å²) in [7, 11) is 4.20. The van der Waals surface area contributed by atoms with Gasteiger partial charge >= 0.3 is 5.97 Å². The van der Waals surface area contributed by atoms with Crippen LogP contribution in [0.3, 0.4) is 0 Å². The molecule has 1 fully saturated rings. The van der Waals surface area contributed by atoms with Crippen LogP contribution in [0, 0.1) is 5.92 Å². The molecule has 1 saturated heterocycles. The first kappa shape index (κ1) is 14.5. The Hall–Kier alpha value is -0.610. The molecule has 0 aromatic rings. The van der Waals surface area contributed by atoms with Crippen LogP contribution >= 0.6 is 0 Å². The van der Waals surface area contributed by atoms with Gasteiger partial charge in [0.25, 0.3) is 0 Å². The second kappa shape index (κ2) is 6.97. The summed E-state index contributed by atoms with van der Waals surface area (Å²) in [6, 6.07) is 0.599. The number of ether oxygens (including phenoxy) is 1. The summed E-state index contributed by atoms with van der Waals surface area (Å²) < 4.78 is 5.05. The maximum absolute atomic E-state index is 11.6. The van der Waals surface area contributed by atoms with Crippen molar-refractivity contribution in [1.29, 1.82) is 0 Å². The second-order valence-electron chi connectivity index (χ2n) is 5.21. The van der Waals surface area contributed by atoms with Gasteiger partial charge in [-0.25, -0.2) is 0 Å². The van der Waals surface area contributed by atoms with Crippen LogP contribution in [0.15, 0.2) is 0 Å². The van der Waals surface area contributed by atoms with Gasteiger partial charge in [0.2, 0.25) is 0 Å². The number of nitrogens with zero attached hydrogens (tertiary/aromatic N) is 2. The highest BCUT2D eigenvalue weighted by atomic mass is 16.5. The van der Waals surface area contributed by atoms with Crippen molar-refractivity contribution in [1.82, 2.24) is 9.80 Å². The first-order valence-electron chi connectivity index (χ1n) is 6.60. The van der Waals surface area contributed by atoms with Crippen molar-refractivity contribution < 1.29 is 9.53 Å². The molecule has 4 heteroatoms. The van der Waals surface area contributed by atoms with E-state index in [1.165, 1.54) is 12.8 Å². The highest BCUT2D eigenvalue weighted by molar-refractivity contribution is 5.72. The molecule has 2 atom stereocenters. The molecule has 0 aromatic carbocycles. The Morgan fingerprint density at radius 3 is 2.82 bits per heavy atom. The largest absolute Gasteiger partial charge is 0.466 e. The van der Waals surface area contributed by atoms with Gasteiger partial charge in [-0.15, -0.1) is 0 Å². The van der Waals surface area contributed by atoms with Crippen molar-refractivity contribution in [3.8, 4) is 0 Å². The van der Waals surface area contributed by atoms with E-state index in [9.17, 15) is 4.79 Å². The Morgan fingerprint density at radius 2 is 2.24 bits per heavy atom. The second-order valence-corrected chi connectivity index (χ2v) is 5.21. The lowest BCUT2D eigenvalue weighted by molar-refractivity contribution is -0.148. The van der Waals surface area contributed by atoms with E-state index in [1.807, 2.05) is 13.8 Å². The van der Waals surface area contributed by atoms with Crippen LogP contribution < -0.4 is 0 Å². The Kier molecular flexibility index (Phi) is 5.92. The quantitative estimate of drug-likeness (QED) is 0.656. The van der Waals surface area contributed by atoms with E-state index < -0.39 is 0 Å². The lowest BCUT2D eigenvalue weighted by Crippen LogP contribution is -2.41. The number of carbonyl (C=O) groups excluding carboxylic acids is 1. The maximum atomic E-state index is 11.6. The van der Waals surface area contributed by atoms with Crippen LogP contribution in [-0.4, -0.2) is 62.1 Å². The van der Waals surface area contributed by atoms with E-state index in [1.54, 1.807) is 0 Å². The molecule has 0 bridgehead atoms. The maximum Gasteiger partial charge on any atom is 0.309 e. The molecule has 0 radical (unpaired) electrons. The Morgan fingerprint density at radius 1 is 1.53 bits per heavy atom. The SMILES string of the molecule is CCOC(=O)C(C)CN1CCCC1CN(C)C. The van der Waals surface area contributed by atoms with Gasteiger partial charge in [0.15, 0.2) is 0 Å². The monoisotopic (exact) mass is 242 g/mol. The highest BCUT2D eigenvalue weighted by Crippen LogP contribution is 2.19. The van der Waals surface area contributed by atoms with Gasteiger partial charge in [0, 0.05) is 19.1 Å². The van der Waals surface area contributed by atoms with Gasteiger partial charge in [-0.2, -0.15) is 0 Å². The van der Waals surface area contributed by atoms with Crippen LogP contribution in [0.2, 0.25) is 0 Å². The van der Waals surface area contributed by atoms with Gasteiger partial charge < -0.3 is 9.64 Å². The molecule has 100 valence electrons. The van der Waals surface area contributed by atoms with Gasteiger partial charge in [-0.05, 0) is 40.4 Å². The third kappa shape index (κ3) is 4.64. The Balaban J connectivity index is 2.41. The number of hydrogen-bond acceptors (Lipinski definition) is 4. The van der Waals surface area contributed by atoms with E-state index >= 15 is 0 Å². The van der Waals surface area contributed by atoms with Crippen molar-refractivity contribution in [2.24, 2.45) is 5.92 Å². The smallest absolute Gasteiger partial charge is 0.309 e. The van der Waals surface area contributed by atoms with E-state index in [2.05, 4.69) is 23.9 Å². The normalized spacial score (nSPS) is 23.0. The first-order chi connectivity index (χ1) is 8.04. The fourth-order valence-electron chi connectivity index (χ4n) is 2.47. The fourth-order valence-corrected chi connectivity index (χ4v) is 2.47. The van der Waals surface area contributed by atoms with Crippen LogP contribution in [0.4, 0.5) is 0 Å². The van der Waals surface area contributed by atoms with Crippen LogP contribution in [0.1, 0.15) is 26.7 Å². The molecular formula is C13H26N2O2. The van der Waals surface area contributed by atoms with Crippen molar-refractivity contribution >= 4 is 5.97 Å². The Labute approximate surface area is 105 Å². The molecule has 0 aliphatic carbocycles. The van der Waals surface area contributed by atoms with Gasteiger partial charge in [-0.3, -0.25) is 9.69 Å². The van der Waals surface area contributed by atoms with Crippen LogP contribution in [0.25, 0.3) is 0 Å². The summed E-state index contributed by atoms with van der Waals surface area (Å²) in [4.78, 5) is 16.3. The Bertz CT molecular complexity index is 244. The van der Waals surface area contributed by atoms with E-state index in [4.69, 9.17) is 4.74 Å². The zero-order chi connectivity index (χ0) is 12.8. The predicted octanol–water partition coefficient (Wildman–Crippen LogP) is 1.21. The molecule has 1 rings (SSSR count). The number of likely N-dealkylation sites (tertiary alicyclic amines) is 1. The summed E-state index contributed by atoms with van der Waals surface area (Å²) in [6.07, 6.45) is 2.49.